The summed E-state index contributed by atoms with van der Waals surface area (Å²) in [5.41, 5.74) is 5.94. The Bertz CT molecular complexity index is 404. The molecule has 1 aromatic heterocycles. The van der Waals surface area contributed by atoms with Gasteiger partial charge in [0.05, 0.1) is 0 Å². The minimum atomic E-state index is -0.719. The van der Waals surface area contributed by atoms with Crippen molar-refractivity contribution in [1.29, 1.82) is 0 Å². The molecule has 0 unspecified atom stereocenters. The van der Waals surface area contributed by atoms with Crippen LogP contribution in [0.2, 0.25) is 0 Å². The Balaban J connectivity index is 3.05. The predicted octanol–water partition coefficient (Wildman–Crippen LogP) is 0.366. The van der Waals surface area contributed by atoms with Crippen molar-refractivity contribution < 1.29 is 9.18 Å². The second kappa shape index (κ2) is 3.68. The lowest BCUT2D eigenvalue weighted by molar-refractivity contribution is -0.112. The number of rotatable bonds is 0. The number of primary amides is 1. The molecule has 0 aliphatic carbocycles. The Morgan fingerprint density at radius 3 is 2.92 bits per heavy atom. The Kier molecular flexibility index (Phi) is 2.60. The van der Waals surface area contributed by atoms with Crippen molar-refractivity contribution in [2.24, 2.45) is 5.73 Å². The van der Waals surface area contributed by atoms with Gasteiger partial charge >= 0.3 is 0 Å². The molecular formula is C9H7FN2O. The van der Waals surface area contributed by atoms with Crippen LogP contribution in [0.1, 0.15) is 11.1 Å². The first-order valence-corrected chi connectivity index (χ1v) is 3.53. The number of hydrogen-bond donors (Lipinski definition) is 1. The highest BCUT2D eigenvalue weighted by atomic mass is 19.1. The maximum Gasteiger partial charge on any atom is 0.293 e. The largest absolute Gasteiger partial charge is 0.359 e. The molecule has 0 saturated heterocycles. The first-order valence-electron chi connectivity index (χ1n) is 3.53. The highest BCUT2D eigenvalue weighted by Crippen LogP contribution is 2.05. The van der Waals surface area contributed by atoms with Crippen molar-refractivity contribution in [1.82, 2.24) is 4.98 Å². The van der Waals surface area contributed by atoms with Crippen molar-refractivity contribution in [2.75, 3.05) is 0 Å². The van der Waals surface area contributed by atoms with E-state index in [0.717, 1.165) is 0 Å². The predicted molar refractivity (Wildman–Crippen MR) is 45.0 cm³/mol. The first-order chi connectivity index (χ1) is 6.09. The van der Waals surface area contributed by atoms with E-state index in [1.54, 1.807) is 6.92 Å². The van der Waals surface area contributed by atoms with Crippen LogP contribution in [0.25, 0.3) is 0 Å². The lowest BCUT2D eigenvalue weighted by Crippen LogP contribution is -2.06. The fourth-order valence-electron chi connectivity index (χ4n) is 0.782. The van der Waals surface area contributed by atoms with Crippen LogP contribution >= 0.6 is 0 Å². The third kappa shape index (κ3) is 2.56. The third-order valence-corrected chi connectivity index (χ3v) is 1.40. The van der Waals surface area contributed by atoms with Gasteiger partial charge in [0.25, 0.3) is 5.91 Å². The van der Waals surface area contributed by atoms with E-state index in [0.29, 0.717) is 11.1 Å². The maximum atomic E-state index is 12.5. The fourth-order valence-corrected chi connectivity index (χ4v) is 0.782. The van der Waals surface area contributed by atoms with Gasteiger partial charge in [-0.1, -0.05) is 5.92 Å². The summed E-state index contributed by atoms with van der Waals surface area (Å²) >= 11 is 0. The standard InChI is InChI=1S/C9H7FN2O/c1-6-4-8(10)12-5-7(6)2-3-9(11)13/h4-5H,1H3,(H2,11,13). The molecule has 0 aliphatic rings. The average molecular weight is 178 g/mol. The van der Waals surface area contributed by atoms with E-state index in [-0.39, 0.29) is 0 Å². The van der Waals surface area contributed by atoms with Crippen molar-refractivity contribution in [3.8, 4) is 11.8 Å². The van der Waals surface area contributed by atoms with Gasteiger partial charge in [-0.3, -0.25) is 4.79 Å². The summed E-state index contributed by atoms with van der Waals surface area (Å²) in [5.74, 6) is 3.35. The van der Waals surface area contributed by atoms with Crippen LogP contribution in [0, 0.1) is 24.7 Å². The smallest absolute Gasteiger partial charge is 0.293 e. The lowest BCUT2D eigenvalue weighted by Gasteiger charge is -1.95. The molecule has 0 saturated carbocycles. The summed E-state index contributed by atoms with van der Waals surface area (Å²) in [4.78, 5) is 13.7. The number of carbonyl (C=O) groups is 1. The number of halogens is 1. The quantitative estimate of drug-likeness (QED) is 0.460. The van der Waals surface area contributed by atoms with Crippen molar-refractivity contribution in [3.63, 3.8) is 0 Å². The summed E-state index contributed by atoms with van der Waals surface area (Å²) in [5, 5.41) is 0. The minimum Gasteiger partial charge on any atom is -0.359 e. The molecule has 0 aromatic carbocycles. The van der Waals surface area contributed by atoms with Gasteiger partial charge in [-0.05, 0) is 18.6 Å². The van der Waals surface area contributed by atoms with E-state index in [9.17, 15) is 9.18 Å². The van der Waals surface area contributed by atoms with Gasteiger partial charge < -0.3 is 5.73 Å². The van der Waals surface area contributed by atoms with Gasteiger partial charge in [0.2, 0.25) is 5.95 Å². The molecule has 13 heavy (non-hydrogen) atoms. The molecule has 0 aliphatic heterocycles. The Morgan fingerprint density at radius 1 is 1.69 bits per heavy atom. The molecule has 1 aromatic rings. The SMILES string of the molecule is Cc1cc(F)ncc1C#CC(N)=O. The molecule has 0 atom stereocenters. The van der Waals surface area contributed by atoms with Crippen molar-refractivity contribution >= 4 is 5.91 Å². The summed E-state index contributed by atoms with van der Waals surface area (Å²) in [6, 6.07) is 1.24. The van der Waals surface area contributed by atoms with Crippen LogP contribution in [-0.2, 0) is 4.79 Å². The van der Waals surface area contributed by atoms with Gasteiger partial charge in [-0.25, -0.2) is 4.98 Å². The zero-order valence-electron chi connectivity index (χ0n) is 6.97. The highest BCUT2D eigenvalue weighted by Gasteiger charge is 1.97. The average Bonchev–Trinajstić information content (AvgIpc) is 2.02. The second-order valence-electron chi connectivity index (χ2n) is 2.44. The monoisotopic (exact) mass is 178 g/mol. The summed E-state index contributed by atoms with van der Waals surface area (Å²) in [7, 11) is 0. The summed E-state index contributed by atoms with van der Waals surface area (Å²) < 4.78 is 12.5. The molecule has 4 heteroatoms. The molecule has 1 amide bonds. The molecule has 3 nitrogen and oxygen atoms in total. The maximum absolute atomic E-state index is 12.5. The molecule has 1 rings (SSSR count). The van der Waals surface area contributed by atoms with Crippen LogP contribution < -0.4 is 5.73 Å². The van der Waals surface area contributed by atoms with E-state index >= 15 is 0 Å². The number of aromatic nitrogens is 1. The Morgan fingerprint density at radius 2 is 2.38 bits per heavy atom. The number of nitrogens with two attached hydrogens (primary N) is 1. The molecular weight excluding hydrogens is 171 g/mol. The second-order valence-corrected chi connectivity index (χ2v) is 2.44. The van der Waals surface area contributed by atoms with E-state index < -0.39 is 11.9 Å². The number of hydrogen-bond acceptors (Lipinski definition) is 2. The molecule has 2 N–H and O–H groups in total. The van der Waals surface area contributed by atoms with E-state index in [1.165, 1.54) is 12.3 Å². The highest BCUT2D eigenvalue weighted by molar-refractivity contribution is 5.92. The molecule has 0 fully saturated rings. The van der Waals surface area contributed by atoms with Gasteiger partial charge in [0.1, 0.15) is 0 Å². The van der Waals surface area contributed by atoms with Gasteiger partial charge in [0.15, 0.2) is 0 Å². The lowest BCUT2D eigenvalue weighted by atomic mass is 10.2. The normalized spacial score (nSPS) is 8.77. The first kappa shape index (κ1) is 9.20. The molecule has 0 spiro atoms. The van der Waals surface area contributed by atoms with Crippen LogP contribution in [0.5, 0.6) is 0 Å². The van der Waals surface area contributed by atoms with E-state index in [1.807, 2.05) is 0 Å². The molecule has 0 bridgehead atoms. The van der Waals surface area contributed by atoms with Gasteiger partial charge in [0, 0.05) is 17.7 Å². The fraction of sp³-hybridized carbons (Fsp3) is 0.111. The minimum absolute atomic E-state index is 0.500. The zero-order chi connectivity index (χ0) is 9.84. The Hall–Kier alpha value is -1.89. The van der Waals surface area contributed by atoms with Gasteiger partial charge in [-0.2, -0.15) is 4.39 Å². The Labute approximate surface area is 74.8 Å². The topological polar surface area (TPSA) is 56.0 Å². The van der Waals surface area contributed by atoms with E-state index in [2.05, 4.69) is 16.8 Å². The van der Waals surface area contributed by atoms with Crippen LogP contribution in [-0.4, -0.2) is 10.9 Å². The number of aryl methyl sites for hydroxylation is 1. The number of carbonyl (C=O) groups excluding carboxylic acids is 1. The van der Waals surface area contributed by atoms with Crippen molar-refractivity contribution in [2.45, 2.75) is 6.92 Å². The summed E-state index contributed by atoms with van der Waals surface area (Å²) in [6.07, 6.45) is 1.26. The summed E-state index contributed by atoms with van der Waals surface area (Å²) in [6.45, 7) is 1.68. The van der Waals surface area contributed by atoms with E-state index in [4.69, 9.17) is 5.73 Å². The van der Waals surface area contributed by atoms with Gasteiger partial charge in [-0.15, -0.1) is 0 Å². The molecule has 66 valence electrons. The zero-order valence-corrected chi connectivity index (χ0v) is 6.97. The molecule has 1 heterocycles. The van der Waals surface area contributed by atoms with Crippen LogP contribution in [0.15, 0.2) is 12.3 Å². The number of pyridine rings is 1. The number of amides is 1. The molecule has 0 radical (unpaired) electrons. The van der Waals surface area contributed by atoms with Crippen LogP contribution in [0.4, 0.5) is 4.39 Å². The van der Waals surface area contributed by atoms with Crippen molar-refractivity contribution in [3.05, 3.63) is 29.3 Å². The number of nitrogens with zero attached hydrogens (tertiary/aromatic N) is 1. The van der Waals surface area contributed by atoms with Crippen LogP contribution in [0.3, 0.4) is 0 Å². The third-order valence-electron chi connectivity index (χ3n) is 1.40.